The predicted molar refractivity (Wildman–Crippen MR) is 272 cm³/mol. The molecule has 6 rings (SSSR count). The van der Waals surface area contributed by atoms with Crippen LogP contribution in [0.3, 0.4) is 0 Å². The van der Waals surface area contributed by atoms with Crippen molar-refractivity contribution >= 4 is 52.0 Å². The monoisotopic (exact) mass is 901 g/mol. The van der Waals surface area contributed by atoms with Crippen molar-refractivity contribution in [3.8, 4) is 0 Å². The van der Waals surface area contributed by atoms with Crippen molar-refractivity contribution < 1.29 is 28.6 Å². The van der Waals surface area contributed by atoms with Crippen LogP contribution in [-0.2, 0) is 67.1 Å². The maximum absolute atomic E-state index is 12.7. The van der Waals surface area contributed by atoms with Crippen molar-refractivity contribution in [2.75, 3.05) is 30.1 Å². The average molecular weight is 901 g/mol. The molecule has 0 spiro atoms. The SMILES string of the molecule is CCCc1ccc(N(c2ccc(CCc3ccc(N(c4ccc(CCC(=O)OC)cc4)c4ccc(CC(C(=O)OCC)C(=O)OCC)cc4)cc3)cc2)c2ccc(CC(CC)CC)cc2)cc1. The summed E-state index contributed by atoms with van der Waals surface area (Å²) >= 11 is 0. The first-order chi connectivity index (χ1) is 32.7. The summed E-state index contributed by atoms with van der Waals surface area (Å²) in [4.78, 5) is 41.9. The number of aryl methyl sites for hydroxylation is 4. The van der Waals surface area contributed by atoms with E-state index >= 15 is 0 Å². The molecule has 0 atom stereocenters. The maximum atomic E-state index is 12.7. The van der Waals surface area contributed by atoms with Gasteiger partial charge in [-0.05, 0) is 164 Å². The van der Waals surface area contributed by atoms with Gasteiger partial charge in [0, 0.05) is 40.5 Å². The highest BCUT2D eigenvalue weighted by molar-refractivity contribution is 5.95. The summed E-state index contributed by atoms with van der Waals surface area (Å²) in [5.41, 5.74) is 13.4. The lowest BCUT2D eigenvalue weighted by Gasteiger charge is -2.26. The molecule has 0 unspecified atom stereocenters. The van der Waals surface area contributed by atoms with E-state index in [1.54, 1.807) is 13.8 Å². The summed E-state index contributed by atoms with van der Waals surface area (Å²) in [6.45, 7) is 10.6. The lowest BCUT2D eigenvalue weighted by Crippen LogP contribution is -2.30. The standard InChI is InChI=1S/C59H68N2O6/c1-7-12-44-15-28-50(29-16-44)60(54-36-23-48(24-37-54)41-43(8-2)9-3)51-30-17-45(18-31-51)13-14-46-19-32-52(33-20-46)61(53-34-21-47(22-35-53)27-40-57(62)65-6)55-38-25-49(26-39-55)42-56(58(63)66-10-4)59(64)67-11-5/h15-26,28-39,43,56H,7-14,27,40-42H2,1-6H3. The summed E-state index contributed by atoms with van der Waals surface area (Å²) in [7, 11) is 1.41. The molecule has 0 aliphatic heterocycles. The van der Waals surface area contributed by atoms with E-state index in [-0.39, 0.29) is 25.6 Å². The summed E-state index contributed by atoms with van der Waals surface area (Å²) in [6, 6.07) is 51.9. The Kier molecular flexibility index (Phi) is 18.8. The van der Waals surface area contributed by atoms with Crippen molar-refractivity contribution in [1.82, 2.24) is 0 Å². The van der Waals surface area contributed by atoms with Crippen LogP contribution in [0.2, 0.25) is 0 Å². The molecular formula is C59H68N2O6. The van der Waals surface area contributed by atoms with Gasteiger partial charge in [-0.1, -0.05) is 113 Å². The summed E-state index contributed by atoms with van der Waals surface area (Å²) < 4.78 is 15.3. The lowest BCUT2D eigenvalue weighted by atomic mass is 9.94. The molecule has 8 nitrogen and oxygen atoms in total. The van der Waals surface area contributed by atoms with E-state index in [4.69, 9.17) is 14.2 Å². The fraction of sp³-hybridized carbons (Fsp3) is 0.339. The normalized spacial score (nSPS) is 11.1. The first-order valence-corrected chi connectivity index (χ1v) is 24.2. The highest BCUT2D eigenvalue weighted by atomic mass is 16.6. The van der Waals surface area contributed by atoms with Crippen LogP contribution in [0.25, 0.3) is 0 Å². The van der Waals surface area contributed by atoms with Crippen molar-refractivity contribution in [2.24, 2.45) is 11.8 Å². The van der Waals surface area contributed by atoms with Gasteiger partial charge in [0.25, 0.3) is 0 Å². The summed E-state index contributed by atoms with van der Waals surface area (Å²) in [5, 5.41) is 0. The molecular weight excluding hydrogens is 833 g/mol. The van der Waals surface area contributed by atoms with Crippen LogP contribution in [-0.4, -0.2) is 38.2 Å². The van der Waals surface area contributed by atoms with Crippen LogP contribution < -0.4 is 9.80 Å². The Morgan fingerprint density at radius 3 is 1.04 bits per heavy atom. The van der Waals surface area contributed by atoms with Crippen LogP contribution in [0.15, 0.2) is 146 Å². The molecule has 0 N–H and O–H groups in total. The molecule has 6 aromatic rings. The third-order valence-electron chi connectivity index (χ3n) is 12.5. The number of nitrogens with zero attached hydrogens (tertiary/aromatic N) is 2. The van der Waals surface area contributed by atoms with Gasteiger partial charge in [0.15, 0.2) is 5.92 Å². The molecule has 8 heteroatoms. The molecule has 0 saturated heterocycles. The molecule has 67 heavy (non-hydrogen) atoms. The number of carbonyl (C=O) groups is 3. The van der Waals surface area contributed by atoms with Crippen LogP contribution in [0.1, 0.15) is 93.7 Å². The van der Waals surface area contributed by atoms with Gasteiger partial charge in [0.1, 0.15) is 0 Å². The minimum absolute atomic E-state index is 0.169. The molecule has 0 aliphatic rings. The summed E-state index contributed by atoms with van der Waals surface area (Å²) in [5.74, 6) is -1.75. The number of carbonyl (C=O) groups excluding carboxylic acids is 3. The quantitative estimate of drug-likeness (QED) is 0.0337. The van der Waals surface area contributed by atoms with Crippen LogP contribution >= 0.6 is 0 Å². The Labute approximate surface area is 398 Å². The Bertz CT molecular complexity index is 2420. The second-order valence-electron chi connectivity index (χ2n) is 17.1. The van der Waals surface area contributed by atoms with Crippen molar-refractivity contribution in [1.29, 1.82) is 0 Å². The molecule has 0 aromatic heterocycles. The van der Waals surface area contributed by atoms with E-state index in [9.17, 15) is 14.4 Å². The topological polar surface area (TPSA) is 85.4 Å². The van der Waals surface area contributed by atoms with Gasteiger partial charge in [-0.25, -0.2) is 0 Å². The van der Waals surface area contributed by atoms with E-state index in [1.807, 2.05) is 36.4 Å². The highest BCUT2D eigenvalue weighted by Gasteiger charge is 2.30. The molecule has 6 aromatic carbocycles. The number of anilines is 6. The van der Waals surface area contributed by atoms with E-state index in [2.05, 4.69) is 140 Å². The minimum atomic E-state index is -1.04. The molecule has 0 amide bonds. The zero-order chi connectivity index (χ0) is 47.5. The molecule has 0 aliphatic carbocycles. The first kappa shape index (κ1) is 49.8. The van der Waals surface area contributed by atoms with E-state index in [0.29, 0.717) is 18.8 Å². The number of ether oxygens (including phenoxy) is 3. The second kappa shape index (κ2) is 25.3. The minimum Gasteiger partial charge on any atom is -0.469 e. The smallest absolute Gasteiger partial charge is 0.320 e. The van der Waals surface area contributed by atoms with Gasteiger partial charge < -0.3 is 24.0 Å². The number of esters is 3. The molecule has 0 heterocycles. The van der Waals surface area contributed by atoms with E-state index in [0.717, 1.165) is 77.4 Å². The molecule has 0 fully saturated rings. The predicted octanol–water partition coefficient (Wildman–Crippen LogP) is 13.7. The Morgan fingerprint density at radius 2 is 0.731 bits per heavy atom. The average Bonchev–Trinajstić information content (AvgIpc) is 3.36. The van der Waals surface area contributed by atoms with Crippen LogP contribution in [0.5, 0.6) is 0 Å². The zero-order valence-corrected chi connectivity index (χ0v) is 40.3. The molecule has 0 radical (unpaired) electrons. The fourth-order valence-corrected chi connectivity index (χ4v) is 8.52. The van der Waals surface area contributed by atoms with E-state index in [1.165, 1.54) is 42.2 Å². The van der Waals surface area contributed by atoms with Crippen molar-refractivity contribution in [3.63, 3.8) is 0 Å². The van der Waals surface area contributed by atoms with Gasteiger partial charge >= 0.3 is 17.9 Å². The molecule has 0 bridgehead atoms. The Morgan fingerprint density at radius 1 is 0.418 bits per heavy atom. The van der Waals surface area contributed by atoms with Crippen molar-refractivity contribution in [3.05, 3.63) is 179 Å². The molecule has 0 saturated carbocycles. The third-order valence-corrected chi connectivity index (χ3v) is 12.5. The van der Waals surface area contributed by atoms with Crippen molar-refractivity contribution in [2.45, 2.75) is 98.8 Å². The van der Waals surface area contributed by atoms with Gasteiger partial charge in [-0.3, -0.25) is 14.4 Å². The maximum Gasteiger partial charge on any atom is 0.320 e. The fourth-order valence-electron chi connectivity index (χ4n) is 8.52. The zero-order valence-electron chi connectivity index (χ0n) is 40.3. The Hall–Kier alpha value is -6.67. The van der Waals surface area contributed by atoms with Crippen LogP contribution in [0.4, 0.5) is 34.1 Å². The first-order valence-electron chi connectivity index (χ1n) is 24.2. The molecule has 350 valence electrons. The highest BCUT2D eigenvalue weighted by Crippen LogP contribution is 2.37. The summed E-state index contributed by atoms with van der Waals surface area (Å²) in [6.07, 6.45) is 8.54. The number of rotatable bonds is 24. The van der Waals surface area contributed by atoms with Gasteiger partial charge in [0.05, 0.1) is 20.3 Å². The second-order valence-corrected chi connectivity index (χ2v) is 17.1. The number of methoxy groups -OCH3 is 1. The number of hydrogen-bond donors (Lipinski definition) is 0. The lowest BCUT2D eigenvalue weighted by molar-refractivity contribution is -0.161. The number of benzene rings is 6. The van der Waals surface area contributed by atoms with E-state index < -0.39 is 17.9 Å². The Balaban J connectivity index is 1.20. The number of hydrogen-bond acceptors (Lipinski definition) is 8. The van der Waals surface area contributed by atoms with Crippen LogP contribution in [0, 0.1) is 11.8 Å². The third kappa shape index (κ3) is 13.9. The van der Waals surface area contributed by atoms with Gasteiger partial charge in [-0.2, -0.15) is 0 Å². The van der Waals surface area contributed by atoms with Gasteiger partial charge in [-0.15, -0.1) is 0 Å². The van der Waals surface area contributed by atoms with Gasteiger partial charge in [0.2, 0.25) is 0 Å². The largest absolute Gasteiger partial charge is 0.469 e.